The monoisotopic (exact) mass is 484 g/mol. The third kappa shape index (κ3) is 4.45. The van der Waals surface area contributed by atoms with Gasteiger partial charge in [-0.3, -0.25) is 10.3 Å². The molecule has 0 bridgehead atoms. The first kappa shape index (κ1) is 22.6. The van der Waals surface area contributed by atoms with Crippen LogP contribution in [0.15, 0.2) is 41.8 Å². The number of hydrogen-bond acceptors (Lipinski definition) is 8. The minimum absolute atomic E-state index is 0.0719. The number of aromatic nitrogens is 2. The average Bonchev–Trinajstić information content (AvgIpc) is 3.32. The van der Waals surface area contributed by atoms with Crippen LogP contribution in [0.5, 0.6) is 0 Å². The van der Waals surface area contributed by atoms with E-state index < -0.39 is 12.7 Å². The number of nitrogens with one attached hydrogen (secondary N) is 2. The van der Waals surface area contributed by atoms with Gasteiger partial charge in [0, 0.05) is 12.4 Å². The average molecular weight is 485 g/mol. The lowest BCUT2D eigenvalue weighted by Crippen LogP contribution is -2.51. The maximum absolute atomic E-state index is 12.8. The van der Waals surface area contributed by atoms with E-state index in [2.05, 4.69) is 55.0 Å². The second-order valence-corrected chi connectivity index (χ2v) is 9.90. The third-order valence-electron chi connectivity index (χ3n) is 7.82. The molecule has 1 aromatic heterocycles. The highest BCUT2D eigenvalue weighted by Gasteiger charge is 2.39. The predicted octanol–water partition coefficient (Wildman–Crippen LogP) is 3.42. The Morgan fingerprint density at radius 3 is 2.31 bits per heavy atom. The van der Waals surface area contributed by atoms with Crippen molar-refractivity contribution in [3.63, 3.8) is 0 Å². The summed E-state index contributed by atoms with van der Waals surface area (Å²) < 4.78 is 36.0. The Morgan fingerprint density at radius 1 is 1.06 bits per heavy atom. The largest absolute Gasteiger partial charge is 0.444 e. The molecule has 4 aliphatic rings. The van der Waals surface area contributed by atoms with E-state index in [0.717, 1.165) is 45.6 Å². The molecule has 1 unspecified atom stereocenters. The Hall–Kier alpha value is -2.85. The van der Waals surface area contributed by atoms with Gasteiger partial charge in [-0.15, -0.1) is 5.10 Å². The maximum atomic E-state index is 12.8. The molecule has 2 N–H and O–H groups in total. The molecule has 6 rings (SSSR count). The molecule has 0 amide bonds. The van der Waals surface area contributed by atoms with Crippen LogP contribution in [0.3, 0.4) is 0 Å². The van der Waals surface area contributed by atoms with Crippen LogP contribution >= 0.6 is 0 Å². The van der Waals surface area contributed by atoms with E-state index in [1.54, 1.807) is 12.4 Å². The second-order valence-electron chi connectivity index (χ2n) is 9.90. The molecule has 186 valence electrons. The van der Waals surface area contributed by atoms with Crippen molar-refractivity contribution in [1.29, 1.82) is 0 Å². The Kier molecular flexibility index (Phi) is 6.01. The fourth-order valence-electron chi connectivity index (χ4n) is 5.38. The quantitative estimate of drug-likeness (QED) is 0.623. The highest BCUT2D eigenvalue weighted by Crippen LogP contribution is 2.44. The van der Waals surface area contributed by atoms with Gasteiger partial charge in [0.15, 0.2) is 0 Å². The summed E-state index contributed by atoms with van der Waals surface area (Å²) in [7, 11) is 0. The van der Waals surface area contributed by atoms with E-state index in [-0.39, 0.29) is 11.4 Å². The van der Waals surface area contributed by atoms with Gasteiger partial charge in [-0.2, -0.15) is 0 Å². The number of alkyl halides is 2. The van der Waals surface area contributed by atoms with E-state index in [0.29, 0.717) is 23.5 Å². The van der Waals surface area contributed by atoms with Crippen molar-refractivity contribution in [2.24, 2.45) is 5.10 Å². The van der Waals surface area contributed by atoms with Crippen molar-refractivity contribution < 1.29 is 18.3 Å². The van der Waals surface area contributed by atoms with Gasteiger partial charge in [0.05, 0.1) is 30.4 Å². The molecule has 10 heteroatoms. The number of nitrogens with zero attached hydrogens (tertiary/aromatic N) is 4. The molecule has 4 heterocycles. The van der Waals surface area contributed by atoms with Crippen LogP contribution in [0.4, 0.5) is 14.7 Å². The Bertz CT molecular complexity index is 1050. The maximum Gasteiger partial charge on any atom is 0.294 e. The summed E-state index contributed by atoms with van der Waals surface area (Å²) in [6, 6.07) is 9.70. The zero-order valence-corrected chi connectivity index (χ0v) is 19.5. The van der Waals surface area contributed by atoms with Crippen LogP contribution in [0.1, 0.15) is 54.7 Å². The molecule has 1 aromatic carbocycles. The molecule has 3 fully saturated rings. The number of ether oxygens (including phenoxy) is 2. The van der Waals surface area contributed by atoms with E-state index in [1.807, 2.05) is 0 Å². The van der Waals surface area contributed by atoms with Crippen LogP contribution in [0, 0.1) is 0 Å². The summed E-state index contributed by atoms with van der Waals surface area (Å²) in [5.41, 5.74) is 5.21. The standard InChI is InChI=1S/C25H30F2N6O2/c26-21(27)23-32-31-22(35-23)18-12-28-24(29-13-18)30-25(8-1-9-25)19-4-2-16(3-5-19)17-6-10-33(11-7-17)20-14-34-15-20/h2-5,12-13,17,20-21,23,32H,1,6-11,14-15H2,(H,28,29,30). The molecule has 1 saturated carbocycles. The van der Waals surface area contributed by atoms with E-state index in [9.17, 15) is 8.78 Å². The zero-order valence-electron chi connectivity index (χ0n) is 19.5. The molecule has 1 aliphatic carbocycles. The molecule has 1 atom stereocenters. The predicted molar refractivity (Wildman–Crippen MR) is 126 cm³/mol. The molecule has 8 nitrogen and oxygen atoms in total. The first-order valence-corrected chi connectivity index (χ1v) is 12.4. The van der Waals surface area contributed by atoms with Gasteiger partial charge in [0.1, 0.15) is 0 Å². The molecule has 0 spiro atoms. The van der Waals surface area contributed by atoms with Crippen LogP contribution in [0.25, 0.3) is 0 Å². The summed E-state index contributed by atoms with van der Waals surface area (Å²) in [4.78, 5) is 11.4. The first-order valence-electron chi connectivity index (χ1n) is 12.4. The topological polar surface area (TPSA) is 83.9 Å². The lowest BCUT2D eigenvalue weighted by atomic mass is 9.71. The Balaban J connectivity index is 1.09. The van der Waals surface area contributed by atoms with Gasteiger partial charge in [-0.05, 0) is 62.2 Å². The van der Waals surface area contributed by atoms with Crippen molar-refractivity contribution in [3.8, 4) is 0 Å². The third-order valence-corrected chi connectivity index (χ3v) is 7.82. The fourth-order valence-corrected chi connectivity index (χ4v) is 5.38. The van der Waals surface area contributed by atoms with Gasteiger partial charge in [-0.1, -0.05) is 24.3 Å². The molecule has 0 radical (unpaired) electrons. The van der Waals surface area contributed by atoms with Crippen molar-refractivity contribution in [2.75, 3.05) is 31.6 Å². The molecular weight excluding hydrogens is 454 g/mol. The van der Waals surface area contributed by atoms with Gasteiger partial charge in [0.25, 0.3) is 6.43 Å². The van der Waals surface area contributed by atoms with Crippen LogP contribution in [-0.2, 0) is 15.0 Å². The van der Waals surface area contributed by atoms with E-state index >= 15 is 0 Å². The first-order chi connectivity index (χ1) is 17.1. The van der Waals surface area contributed by atoms with Crippen molar-refractivity contribution in [2.45, 2.75) is 62.3 Å². The van der Waals surface area contributed by atoms with E-state index in [1.165, 1.54) is 24.0 Å². The van der Waals surface area contributed by atoms with Gasteiger partial charge >= 0.3 is 0 Å². The Morgan fingerprint density at radius 2 is 1.77 bits per heavy atom. The number of halogens is 2. The summed E-state index contributed by atoms with van der Waals surface area (Å²) in [5, 5.41) is 7.34. The summed E-state index contributed by atoms with van der Waals surface area (Å²) in [5.74, 6) is 1.19. The molecule has 3 aliphatic heterocycles. The van der Waals surface area contributed by atoms with Crippen molar-refractivity contribution in [1.82, 2.24) is 20.3 Å². The number of piperidine rings is 1. The second kappa shape index (κ2) is 9.31. The molecule has 35 heavy (non-hydrogen) atoms. The summed E-state index contributed by atoms with van der Waals surface area (Å²) in [6.45, 7) is 4.07. The highest BCUT2D eigenvalue weighted by atomic mass is 19.3. The summed E-state index contributed by atoms with van der Waals surface area (Å²) >= 11 is 0. The lowest BCUT2D eigenvalue weighted by Gasteiger charge is -2.43. The van der Waals surface area contributed by atoms with Crippen molar-refractivity contribution >= 4 is 11.8 Å². The number of hydrazone groups is 1. The minimum atomic E-state index is -2.67. The van der Waals surface area contributed by atoms with Crippen LogP contribution in [-0.4, -0.2) is 65.8 Å². The SMILES string of the molecule is FC(F)C1NN=C(c2cnc(NC3(c4ccc(C5CCN(C6COC6)CC5)cc4)CCC3)nc2)O1. The van der Waals surface area contributed by atoms with Crippen molar-refractivity contribution in [3.05, 3.63) is 53.3 Å². The number of likely N-dealkylation sites (tertiary alicyclic amines) is 1. The van der Waals surface area contributed by atoms with Gasteiger partial charge < -0.3 is 14.8 Å². The number of rotatable bonds is 7. The minimum Gasteiger partial charge on any atom is -0.444 e. The number of hydrogen-bond donors (Lipinski definition) is 2. The fraction of sp³-hybridized carbons (Fsp3) is 0.560. The molecular formula is C25H30F2N6O2. The van der Waals surface area contributed by atoms with Crippen LogP contribution in [0.2, 0.25) is 0 Å². The zero-order chi connectivity index (χ0) is 23.8. The molecule has 2 aromatic rings. The van der Waals surface area contributed by atoms with Gasteiger partial charge in [-0.25, -0.2) is 18.7 Å². The lowest BCUT2D eigenvalue weighted by molar-refractivity contribution is -0.0712. The normalized spacial score (nSPS) is 24.8. The van der Waals surface area contributed by atoms with E-state index in [4.69, 9.17) is 9.47 Å². The van der Waals surface area contributed by atoms with Gasteiger partial charge in [0.2, 0.25) is 18.1 Å². The molecule has 2 saturated heterocycles. The summed E-state index contributed by atoms with van der Waals surface area (Å²) in [6.07, 6.45) is 4.53. The smallest absolute Gasteiger partial charge is 0.294 e. The van der Waals surface area contributed by atoms with Crippen LogP contribution < -0.4 is 10.7 Å². The Labute approximate surface area is 203 Å². The number of benzene rings is 1. The highest BCUT2D eigenvalue weighted by molar-refractivity contribution is 5.94. The number of anilines is 1.